The van der Waals surface area contributed by atoms with Crippen LogP contribution in [-0.4, -0.2) is 9.30 Å². The summed E-state index contributed by atoms with van der Waals surface area (Å²) in [6.45, 7) is 7.21. The average molecular weight is 261 g/mol. The molecule has 0 bridgehead atoms. The molecular weight excluding hydrogens is 244 g/mol. The minimum Gasteiger partial charge on any atom is -0.598 e. The summed E-state index contributed by atoms with van der Waals surface area (Å²) >= 11 is -1.28. The van der Waals surface area contributed by atoms with Crippen LogP contribution >= 0.6 is 0 Å². The normalized spacial score (nSPS) is 15.7. The largest absolute Gasteiger partial charge is 0.598 e. The molecule has 0 aliphatic carbocycles. The number of benzene rings is 1. The summed E-state index contributed by atoms with van der Waals surface area (Å²) < 4.78 is 40.3. The third-order valence-electron chi connectivity index (χ3n) is 2.22. The zero-order valence-electron chi connectivity index (χ0n) is 10.4. The molecule has 0 heterocycles. The molecule has 0 fully saturated rings. The van der Waals surface area contributed by atoms with Gasteiger partial charge < -0.3 is 4.55 Å². The quantitative estimate of drug-likeness (QED) is 0.849. The Bertz CT molecular complexity index is 372. The fourth-order valence-electron chi connectivity index (χ4n) is 1.23. The maximum atomic E-state index is 13.0. The second-order valence-electron chi connectivity index (χ2n) is 4.92. The van der Waals surface area contributed by atoms with Crippen molar-refractivity contribution in [3.05, 3.63) is 35.4 Å². The molecular formula is C12H17F2NOS. The molecule has 0 aliphatic heterocycles. The summed E-state index contributed by atoms with van der Waals surface area (Å²) in [7, 11) is 0. The van der Waals surface area contributed by atoms with Gasteiger partial charge in [0.05, 0.1) is 6.04 Å². The molecule has 0 saturated heterocycles. The van der Waals surface area contributed by atoms with Crippen molar-refractivity contribution in [2.45, 2.75) is 38.5 Å². The highest BCUT2D eigenvalue weighted by molar-refractivity contribution is 7.90. The van der Waals surface area contributed by atoms with E-state index < -0.39 is 27.7 Å². The zero-order valence-corrected chi connectivity index (χ0v) is 11.2. The van der Waals surface area contributed by atoms with Gasteiger partial charge in [0.25, 0.3) is 0 Å². The fourth-order valence-corrected chi connectivity index (χ4v) is 2.04. The molecule has 96 valence electrons. The number of hydrogen-bond acceptors (Lipinski definition) is 2. The molecule has 17 heavy (non-hydrogen) atoms. The predicted octanol–water partition coefficient (Wildman–Crippen LogP) is 3.08. The highest BCUT2D eigenvalue weighted by Crippen LogP contribution is 2.20. The van der Waals surface area contributed by atoms with Crippen LogP contribution in [-0.2, 0) is 11.4 Å². The number of nitrogens with one attached hydrogen (secondary N) is 1. The van der Waals surface area contributed by atoms with E-state index >= 15 is 0 Å². The topological polar surface area (TPSA) is 35.1 Å². The molecule has 0 aliphatic rings. The van der Waals surface area contributed by atoms with Gasteiger partial charge in [0.1, 0.15) is 16.4 Å². The zero-order chi connectivity index (χ0) is 13.2. The van der Waals surface area contributed by atoms with Crippen LogP contribution in [0.1, 0.15) is 39.3 Å². The molecule has 0 spiro atoms. The third-order valence-corrected chi connectivity index (χ3v) is 3.90. The molecule has 1 rings (SSSR count). The minimum absolute atomic E-state index is 0.375. The van der Waals surface area contributed by atoms with Gasteiger partial charge in [-0.2, -0.15) is 0 Å². The smallest absolute Gasteiger partial charge is 0.136 e. The molecule has 0 saturated carbocycles. The van der Waals surface area contributed by atoms with Crippen LogP contribution in [0.4, 0.5) is 8.78 Å². The van der Waals surface area contributed by atoms with Crippen molar-refractivity contribution in [3.8, 4) is 0 Å². The minimum atomic E-state index is -1.28. The second-order valence-corrected chi connectivity index (χ2v) is 6.92. The molecule has 0 aromatic heterocycles. The maximum Gasteiger partial charge on any atom is 0.136 e. The van der Waals surface area contributed by atoms with Gasteiger partial charge in [-0.15, -0.1) is 4.72 Å². The molecule has 0 amide bonds. The van der Waals surface area contributed by atoms with Crippen LogP contribution in [0, 0.1) is 11.6 Å². The number of halogens is 2. The summed E-state index contributed by atoms with van der Waals surface area (Å²) in [6, 6.07) is 2.92. The van der Waals surface area contributed by atoms with Crippen molar-refractivity contribution < 1.29 is 13.3 Å². The van der Waals surface area contributed by atoms with Gasteiger partial charge in [0, 0.05) is 17.4 Å². The number of hydrogen-bond donors (Lipinski definition) is 1. The van der Waals surface area contributed by atoms with E-state index in [9.17, 15) is 13.3 Å². The SMILES string of the molecule is C[C@@H](N[S@+]([O-])C(C)(C)C)c1cc(F)cc(F)c1. The molecule has 2 nitrogen and oxygen atoms in total. The van der Waals surface area contributed by atoms with Gasteiger partial charge in [-0.25, -0.2) is 8.78 Å². The summed E-state index contributed by atoms with van der Waals surface area (Å²) in [5.74, 6) is -1.26. The Kier molecular flexibility index (Phi) is 4.52. The Morgan fingerprint density at radius 1 is 1.18 bits per heavy atom. The van der Waals surface area contributed by atoms with Crippen molar-refractivity contribution in [2.24, 2.45) is 0 Å². The lowest BCUT2D eigenvalue weighted by Crippen LogP contribution is -2.40. The molecule has 0 unspecified atom stereocenters. The lowest BCUT2D eigenvalue weighted by Gasteiger charge is -2.26. The molecule has 0 radical (unpaired) electrons. The summed E-state index contributed by atoms with van der Waals surface area (Å²) in [5, 5.41) is 0. The summed E-state index contributed by atoms with van der Waals surface area (Å²) in [6.07, 6.45) is 0. The van der Waals surface area contributed by atoms with E-state index in [2.05, 4.69) is 4.72 Å². The molecule has 1 aromatic rings. The highest BCUT2D eigenvalue weighted by atomic mass is 32.2. The lowest BCUT2D eigenvalue weighted by atomic mass is 10.1. The Morgan fingerprint density at radius 3 is 2.06 bits per heavy atom. The van der Waals surface area contributed by atoms with Crippen LogP contribution in [0.15, 0.2) is 18.2 Å². The van der Waals surface area contributed by atoms with E-state index in [1.54, 1.807) is 6.92 Å². The Labute approximate surface area is 104 Å². The Balaban J connectivity index is 2.79. The van der Waals surface area contributed by atoms with Crippen molar-refractivity contribution in [3.63, 3.8) is 0 Å². The van der Waals surface area contributed by atoms with E-state index in [1.807, 2.05) is 20.8 Å². The molecule has 2 atom stereocenters. The van der Waals surface area contributed by atoms with Gasteiger partial charge in [-0.05, 0) is 45.4 Å². The van der Waals surface area contributed by atoms with Crippen LogP contribution < -0.4 is 4.72 Å². The van der Waals surface area contributed by atoms with Gasteiger partial charge in [0.2, 0.25) is 0 Å². The summed E-state index contributed by atoms with van der Waals surface area (Å²) in [5.41, 5.74) is 0.445. The van der Waals surface area contributed by atoms with Gasteiger partial charge in [-0.1, -0.05) is 0 Å². The van der Waals surface area contributed by atoms with E-state index in [0.29, 0.717) is 5.56 Å². The first-order chi connectivity index (χ1) is 7.70. The first-order valence-corrected chi connectivity index (χ1v) is 6.49. The Hall–Kier alpha value is -0.650. The van der Waals surface area contributed by atoms with Crippen molar-refractivity contribution >= 4 is 11.4 Å². The van der Waals surface area contributed by atoms with E-state index in [-0.39, 0.29) is 6.04 Å². The molecule has 1 N–H and O–H groups in total. The van der Waals surface area contributed by atoms with E-state index in [4.69, 9.17) is 0 Å². The predicted molar refractivity (Wildman–Crippen MR) is 65.8 cm³/mol. The standard InChI is InChI=1S/C12H17F2NOS/c1-8(15-17(16)12(2,3)4)9-5-10(13)7-11(14)6-9/h5-8,15H,1-4H3/t8-,17-/m1/s1. The first-order valence-electron chi connectivity index (χ1n) is 5.34. The maximum absolute atomic E-state index is 13.0. The Morgan fingerprint density at radius 2 is 1.65 bits per heavy atom. The molecule has 1 aromatic carbocycles. The van der Waals surface area contributed by atoms with Crippen molar-refractivity contribution in [2.75, 3.05) is 0 Å². The third kappa shape index (κ3) is 4.26. The van der Waals surface area contributed by atoms with Crippen LogP contribution in [0.25, 0.3) is 0 Å². The monoisotopic (exact) mass is 261 g/mol. The van der Waals surface area contributed by atoms with E-state index in [1.165, 1.54) is 12.1 Å². The van der Waals surface area contributed by atoms with Crippen LogP contribution in [0.5, 0.6) is 0 Å². The van der Waals surface area contributed by atoms with Crippen molar-refractivity contribution in [1.82, 2.24) is 4.72 Å². The fraction of sp³-hybridized carbons (Fsp3) is 0.500. The summed E-state index contributed by atoms with van der Waals surface area (Å²) in [4.78, 5) is 0. The highest BCUT2D eigenvalue weighted by Gasteiger charge is 2.28. The van der Waals surface area contributed by atoms with Gasteiger partial charge >= 0.3 is 0 Å². The van der Waals surface area contributed by atoms with Gasteiger partial charge in [-0.3, -0.25) is 0 Å². The van der Waals surface area contributed by atoms with Crippen molar-refractivity contribution in [1.29, 1.82) is 0 Å². The first kappa shape index (κ1) is 14.4. The van der Waals surface area contributed by atoms with Gasteiger partial charge in [0.15, 0.2) is 0 Å². The molecule has 5 heteroatoms. The van der Waals surface area contributed by atoms with Crippen LogP contribution in [0.2, 0.25) is 0 Å². The average Bonchev–Trinajstić information content (AvgIpc) is 2.14. The lowest BCUT2D eigenvalue weighted by molar-refractivity contribution is 0.527. The second kappa shape index (κ2) is 5.33. The number of rotatable bonds is 3. The van der Waals surface area contributed by atoms with E-state index in [0.717, 1.165) is 6.07 Å². The van der Waals surface area contributed by atoms with Crippen LogP contribution in [0.3, 0.4) is 0 Å².